The van der Waals surface area contributed by atoms with E-state index in [0.29, 0.717) is 16.6 Å². The highest BCUT2D eigenvalue weighted by Crippen LogP contribution is 2.26. The monoisotopic (exact) mass is 380 g/mol. The van der Waals surface area contributed by atoms with Gasteiger partial charge in [0, 0.05) is 11.8 Å². The SMILES string of the molecule is Cc1c(C(=O)Nc2nc3ccccc3s2)c(N)cc(=O)n1Cc1ccco1. The van der Waals surface area contributed by atoms with Crippen molar-refractivity contribution < 1.29 is 9.21 Å². The van der Waals surface area contributed by atoms with Gasteiger partial charge in [-0.25, -0.2) is 4.98 Å². The van der Waals surface area contributed by atoms with Crippen LogP contribution in [0.15, 0.2) is 57.9 Å². The fraction of sp³-hybridized carbons (Fsp3) is 0.105. The minimum atomic E-state index is -0.405. The second-order valence-electron chi connectivity index (χ2n) is 6.00. The third kappa shape index (κ3) is 3.22. The Morgan fingerprint density at radius 1 is 1.30 bits per heavy atom. The van der Waals surface area contributed by atoms with E-state index >= 15 is 0 Å². The van der Waals surface area contributed by atoms with Crippen molar-refractivity contribution in [2.24, 2.45) is 0 Å². The Balaban J connectivity index is 1.69. The predicted octanol–water partition coefficient (Wildman–Crippen LogP) is 3.24. The first-order valence-electron chi connectivity index (χ1n) is 8.22. The summed E-state index contributed by atoms with van der Waals surface area (Å²) in [6, 6.07) is 12.4. The summed E-state index contributed by atoms with van der Waals surface area (Å²) in [7, 11) is 0. The predicted molar refractivity (Wildman–Crippen MR) is 105 cm³/mol. The third-order valence-electron chi connectivity index (χ3n) is 4.24. The highest BCUT2D eigenvalue weighted by molar-refractivity contribution is 7.22. The minimum Gasteiger partial charge on any atom is -0.467 e. The molecule has 0 saturated heterocycles. The van der Waals surface area contributed by atoms with Crippen LogP contribution in [0, 0.1) is 6.92 Å². The van der Waals surface area contributed by atoms with Gasteiger partial charge in [0.1, 0.15) is 5.76 Å². The van der Waals surface area contributed by atoms with Crippen molar-refractivity contribution in [1.82, 2.24) is 9.55 Å². The fourth-order valence-corrected chi connectivity index (χ4v) is 3.79. The van der Waals surface area contributed by atoms with Gasteiger partial charge < -0.3 is 14.7 Å². The highest BCUT2D eigenvalue weighted by atomic mass is 32.1. The largest absolute Gasteiger partial charge is 0.467 e. The molecule has 0 unspecified atom stereocenters. The number of fused-ring (bicyclic) bond motifs is 1. The van der Waals surface area contributed by atoms with E-state index in [9.17, 15) is 9.59 Å². The molecule has 0 saturated carbocycles. The molecule has 3 aromatic heterocycles. The summed E-state index contributed by atoms with van der Waals surface area (Å²) >= 11 is 1.38. The van der Waals surface area contributed by atoms with Crippen LogP contribution in [0.2, 0.25) is 0 Å². The number of furan rings is 1. The first kappa shape index (κ1) is 17.0. The van der Waals surface area contributed by atoms with Gasteiger partial charge in [0.2, 0.25) is 0 Å². The molecule has 1 aromatic carbocycles. The molecule has 0 aliphatic carbocycles. The van der Waals surface area contributed by atoms with Crippen LogP contribution >= 0.6 is 11.3 Å². The van der Waals surface area contributed by atoms with E-state index in [0.717, 1.165) is 10.2 Å². The van der Waals surface area contributed by atoms with Crippen LogP contribution in [-0.4, -0.2) is 15.5 Å². The number of nitrogens with two attached hydrogens (primary N) is 1. The van der Waals surface area contributed by atoms with Crippen LogP contribution in [-0.2, 0) is 6.54 Å². The second kappa shape index (κ2) is 6.73. The number of carbonyl (C=O) groups is 1. The maximum Gasteiger partial charge on any atom is 0.261 e. The zero-order valence-electron chi connectivity index (χ0n) is 14.4. The molecule has 0 fully saturated rings. The van der Waals surface area contributed by atoms with E-state index in [-0.39, 0.29) is 23.4 Å². The minimum absolute atomic E-state index is 0.131. The number of amides is 1. The molecule has 4 rings (SSSR count). The molecule has 0 aliphatic rings. The Morgan fingerprint density at radius 3 is 2.85 bits per heavy atom. The normalized spacial score (nSPS) is 11.0. The number of rotatable bonds is 4. The standard InChI is InChI=1S/C19H16N4O3S/c1-11-17(13(20)9-16(24)23(11)10-12-5-4-8-26-12)18(25)22-19-21-14-6-2-3-7-15(14)27-19/h2-9H,10,20H2,1H3,(H,21,22,25). The molecule has 7 nitrogen and oxygen atoms in total. The lowest BCUT2D eigenvalue weighted by molar-refractivity contribution is 0.102. The van der Waals surface area contributed by atoms with Gasteiger partial charge in [0.15, 0.2) is 5.13 Å². The maximum atomic E-state index is 12.8. The molecule has 27 heavy (non-hydrogen) atoms. The lowest BCUT2D eigenvalue weighted by Gasteiger charge is -2.14. The van der Waals surface area contributed by atoms with Crippen LogP contribution in [0.4, 0.5) is 10.8 Å². The number of nitrogen functional groups attached to an aromatic ring is 1. The van der Waals surface area contributed by atoms with Crippen molar-refractivity contribution in [3.05, 3.63) is 76.1 Å². The maximum absolute atomic E-state index is 12.8. The Labute approximate surface area is 158 Å². The molecule has 1 amide bonds. The first-order chi connectivity index (χ1) is 13.0. The van der Waals surface area contributed by atoms with Crippen LogP contribution < -0.4 is 16.6 Å². The van der Waals surface area contributed by atoms with E-state index in [2.05, 4.69) is 10.3 Å². The van der Waals surface area contributed by atoms with Crippen molar-refractivity contribution in [2.45, 2.75) is 13.5 Å². The van der Waals surface area contributed by atoms with E-state index in [1.807, 2.05) is 24.3 Å². The molecule has 136 valence electrons. The smallest absolute Gasteiger partial charge is 0.261 e. The lowest BCUT2D eigenvalue weighted by Crippen LogP contribution is -2.28. The molecule has 0 spiro atoms. The summed E-state index contributed by atoms with van der Waals surface area (Å²) in [5, 5.41) is 3.26. The first-order valence-corrected chi connectivity index (χ1v) is 9.04. The number of aromatic nitrogens is 2. The van der Waals surface area contributed by atoms with Crippen molar-refractivity contribution in [1.29, 1.82) is 0 Å². The van der Waals surface area contributed by atoms with Crippen molar-refractivity contribution in [3.8, 4) is 0 Å². The molecule has 0 aliphatic heterocycles. The highest BCUT2D eigenvalue weighted by Gasteiger charge is 2.19. The number of hydrogen-bond donors (Lipinski definition) is 2. The summed E-state index contributed by atoms with van der Waals surface area (Å²) in [6.07, 6.45) is 1.54. The number of nitrogens with zero attached hydrogens (tertiary/aromatic N) is 2. The van der Waals surface area contributed by atoms with Gasteiger partial charge in [0.05, 0.1) is 34.3 Å². The lowest BCUT2D eigenvalue weighted by atomic mass is 10.1. The van der Waals surface area contributed by atoms with Gasteiger partial charge in [-0.1, -0.05) is 23.5 Å². The molecular formula is C19H16N4O3S. The van der Waals surface area contributed by atoms with Crippen LogP contribution in [0.1, 0.15) is 21.8 Å². The molecule has 8 heteroatoms. The summed E-state index contributed by atoms with van der Waals surface area (Å²) in [6.45, 7) is 1.91. The zero-order valence-corrected chi connectivity index (χ0v) is 15.2. The Kier molecular flexibility index (Phi) is 4.25. The van der Waals surface area contributed by atoms with Gasteiger partial charge in [-0.05, 0) is 31.2 Å². The van der Waals surface area contributed by atoms with E-state index < -0.39 is 5.91 Å². The number of benzene rings is 1. The summed E-state index contributed by atoms with van der Waals surface area (Å²) in [5.41, 5.74) is 7.35. The number of thiazole rings is 1. The van der Waals surface area contributed by atoms with E-state index in [1.54, 1.807) is 19.1 Å². The topological polar surface area (TPSA) is 103 Å². The van der Waals surface area contributed by atoms with Gasteiger partial charge in [-0.3, -0.25) is 14.9 Å². The number of para-hydroxylation sites is 1. The molecule has 0 atom stereocenters. The summed E-state index contributed by atoms with van der Waals surface area (Å²) in [4.78, 5) is 29.6. The number of carbonyl (C=O) groups excluding carboxylic acids is 1. The number of nitrogens with one attached hydrogen (secondary N) is 1. The average molecular weight is 380 g/mol. The average Bonchev–Trinajstić information content (AvgIpc) is 3.27. The van der Waals surface area contributed by atoms with Gasteiger partial charge >= 0.3 is 0 Å². The van der Waals surface area contributed by atoms with Crippen LogP contribution in [0.25, 0.3) is 10.2 Å². The summed E-state index contributed by atoms with van der Waals surface area (Å²) in [5.74, 6) is 0.208. The Morgan fingerprint density at radius 2 is 2.11 bits per heavy atom. The third-order valence-corrected chi connectivity index (χ3v) is 5.19. The Hall–Kier alpha value is -3.39. The molecule has 3 N–H and O–H groups in total. The van der Waals surface area contributed by atoms with E-state index in [1.165, 1.54) is 28.2 Å². The van der Waals surface area contributed by atoms with Crippen LogP contribution in [0.5, 0.6) is 0 Å². The second-order valence-corrected chi connectivity index (χ2v) is 7.04. The number of hydrogen-bond acceptors (Lipinski definition) is 6. The molecular weight excluding hydrogens is 364 g/mol. The molecule has 3 heterocycles. The summed E-state index contributed by atoms with van der Waals surface area (Å²) < 4.78 is 7.74. The van der Waals surface area contributed by atoms with E-state index in [4.69, 9.17) is 10.2 Å². The van der Waals surface area contributed by atoms with Gasteiger partial charge in [0.25, 0.3) is 11.5 Å². The number of pyridine rings is 1. The molecule has 0 bridgehead atoms. The van der Waals surface area contributed by atoms with Gasteiger partial charge in [-0.15, -0.1) is 0 Å². The molecule has 4 aromatic rings. The van der Waals surface area contributed by atoms with Gasteiger partial charge in [-0.2, -0.15) is 0 Å². The van der Waals surface area contributed by atoms with Crippen molar-refractivity contribution >= 4 is 38.3 Å². The fourth-order valence-electron chi connectivity index (χ4n) is 2.93. The molecule has 0 radical (unpaired) electrons. The Bertz CT molecular complexity index is 1160. The van der Waals surface area contributed by atoms with Crippen molar-refractivity contribution in [3.63, 3.8) is 0 Å². The van der Waals surface area contributed by atoms with Crippen molar-refractivity contribution in [2.75, 3.05) is 11.1 Å². The van der Waals surface area contributed by atoms with Crippen LogP contribution in [0.3, 0.4) is 0 Å². The number of anilines is 2. The zero-order chi connectivity index (χ0) is 19.0. The quantitative estimate of drug-likeness (QED) is 0.566.